The van der Waals surface area contributed by atoms with Crippen molar-refractivity contribution in [1.29, 1.82) is 0 Å². The summed E-state index contributed by atoms with van der Waals surface area (Å²) < 4.78 is 2.96. The molecular formula is C26H24ClN5O5S. The summed E-state index contributed by atoms with van der Waals surface area (Å²) in [5, 5.41) is 17.2. The summed E-state index contributed by atoms with van der Waals surface area (Å²) in [5.74, 6) is -1.68. The minimum absolute atomic E-state index is 0.0833. The summed E-state index contributed by atoms with van der Waals surface area (Å²) in [4.78, 5) is 55.8. The van der Waals surface area contributed by atoms with Gasteiger partial charge in [0.05, 0.1) is 28.7 Å². The number of Topliss-reactive ketones (excluding diaryl/α,β-unsaturated/α-hetero) is 1. The lowest BCUT2D eigenvalue weighted by atomic mass is 9.96. The molecule has 0 bridgehead atoms. The van der Waals surface area contributed by atoms with Crippen LogP contribution in [0.1, 0.15) is 51.2 Å². The van der Waals surface area contributed by atoms with Crippen LogP contribution in [0, 0.1) is 5.41 Å². The number of hydrogen-bond acceptors (Lipinski definition) is 8. The van der Waals surface area contributed by atoms with Gasteiger partial charge in [0.1, 0.15) is 11.5 Å². The molecule has 0 aliphatic heterocycles. The van der Waals surface area contributed by atoms with Crippen molar-refractivity contribution in [2.45, 2.75) is 33.9 Å². The SMILES string of the molecule is CC(C)(C)C(=O)n1nc(-c2cc(C(=O)O)cc(=O)n2CC(=O)c2ccncc2)cc1NCc1ccc(Cl)s1. The predicted octanol–water partition coefficient (Wildman–Crippen LogP) is 4.70. The third-order valence-electron chi connectivity index (χ3n) is 5.56. The molecule has 4 aromatic heterocycles. The number of carbonyl (C=O) groups excluding carboxylic acids is 2. The lowest BCUT2D eigenvalue weighted by Gasteiger charge is -2.18. The van der Waals surface area contributed by atoms with Crippen LogP contribution in [0.2, 0.25) is 4.34 Å². The Morgan fingerprint density at radius 2 is 1.76 bits per heavy atom. The van der Waals surface area contributed by atoms with Crippen LogP contribution in [0.25, 0.3) is 11.4 Å². The zero-order valence-electron chi connectivity index (χ0n) is 20.8. The molecule has 4 rings (SSSR count). The number of thiophene rings is 1. The Labute approximate surface area is 226 Å². The smallest absolute Gasteiger partial charge is 0.335 e. The molecule has 0 atom stereocenters. The van der Waals surface area contributed by atoms with E-state index in [0.29, 0.717) is 22.3 Å². The average molecular weight is 554 g/mol. The summed E-state index contributed by atoms with van der Waals surface area (Å²) in [7, 11) is 0. The van der Waals surface area contributed by atoms with Gasteiger partial charge in [-0.15, -0.1) is 11.3 Å². The summed E-state index contributed by atoms with van der Waals surface area (Å²) in [5.41, 5.74) is -1.19. The largest absolute Gasteiger partial charge is 0.478 e. The number of rotatable bonds is 8. The molecule has 10 nitrogen and oxygen atoms in total. The first-order chi connectivity index (χ1) is 17.9. The van der Waals surface area contributed by atoms with Gasteiger partial charge >= 0.3 is 5.97 Å². The highest BCUT2D eigenvalue weighted by molar-refractivity contribution is 7.16. The van der Waals surface area contributed by atoms with E-state index in [0.717, 1.165) is 15.5 Å². The minimum atomic E-state index is -1.31. The van der Waals surface area contributed by atoms with E-state index in [-0.39, 0.29) is 35.2 Å². The first-order valence-electron chi connectivity index (χ1n) is 11.5. The maximum atomic E-state index is 13.3. The quantitative estimate of drug-likeness (QED) is 0.300. The molecule has 38 heavy (non-hydrogen) atoms. The van der Waals surface area contributed by atoms with Gasteiger partial charge in [0.25, 0.3) is 11.5 Å². The van der Waals surface area contributed by atoms with E-state index in [9.17, 15) is 24.3 Å². The second-order valence-corrected chi connectivity index (χ2v) is 11.3. The van der Waals surface area contributed by atoms with Crippen LogP contribution in [-0.2, 0) is 13.1 Å². The summed E-state index contributed by atoms with van der Waals surface area (Å²) in [6.07, 6.45) is 2.92. The van der Waals surface area contributed by atoms with Crippen molar-refractivity contribution in [3.05, 3.63) is 85.6 Å². The number of pyridine rings is 2. The molecule has 12 heteroatoms. The Balaban J connectivity index is 1.82. The van der Waals surface area contributed by atoms with Crippen molar-refractivity contribution >= 4 is 46.4 Å². The van der Waals surface area contributed by atoms with E-state index < -0.39 is 16.9 Å². The number of carboxylic acid groups (broad SMARTS) is 1. The van der Waals surface area contributed by atoms with Crippen LogP contribution < -0.4 is 10.9 Å². The normalized spacial score (nSPS) is 11.4. The van der Waals surface area contributed by atoms with E-state index in [1.807, 2.05) is 6.07 Å². The zero-order valence-corrected chi connectivity index (χ0v) is 22.3. The van der Waals surface area contributed by atoms with Crippen molar-refractivity contribution in [2.24, 2.45) is 5.41 Å². The van der Waals surface area contributed by atoms with E-state index in [4.69, 9.17) is 11.6 Å². The van der Waals surface area contributed by atoms with Crippen molar-refractivity contribution in [3.63, 3.8) is 0 Å². The first-order valence-corrected chi connectivity index (χ1v) is 12.7. The Morgan fingerprint density at radius 1 is 1.05 bits per heavy atom. The third-order valence-corrected chi connectivity index (χ3v) is 6.79. The number of carboxylic acids is 1. The molecule has 0 aliphatic rings. The number of carbonyl (C=O) groups is 3. The lowest BCUT2D eigenvalue weighted by molar-refractivity contribution is 0.0695. The molecule has 196 valence electrons. The molecule has 0 saturated carbocycles. The van der Waals surface area contributed by atoms with E-state index in [2.05, 4.69) is 15.4 Å². The van der Waals surface area contributed by atoms with Crippen LogP contribution in [0.5, 0.6) is 0 Å². The number of nitrogens with one attached hydrogen (secondary N) is 1. The fourth-order valence-electron chi connectivity index (χ4n) is 3.60. The Morgan fingerprint density at radius 3 is 2.37 bits per heavy atom. The average Bonchev–Trinajstić information content (AvgIpc) is 3.48. The Hall–Kier alpha value is -4.09. The maximum Gasteiger partial charge on any atom is 0.335 e. The lowest BCUT2D eigenvalue weighted by Crippen LogP contribution is -2.29. The number of anilines is 1. The minimum Gasteiger partial charge on any atom is -0.478 e. The van der Waals surface area contributed by atoms with Crippen molar-refractivity contribution in [3.8, 4) is 11.4 Å². The zero-order chi connectivity index (χ0) is 27.6. The Bertz CT molecular complexity index is 1580. The monoisotopic (exact) mass is 553 g/mol. The second kappa shape index (κ2) is 10.7. The molecular weight excluding hydrogens is 530 g/mol. The van der Waals surface area contributed by atoms with E-state index >= 15 is 0 Å². The highest BCUT2D eigenvalue weighted by Crippen LogP contribution is 2.28. The van der Waals surface area contributed by atoms with Gasteiger partial charge in [-0.05, 0) is 30.3 Å². The standard InChI is InChI=1S/C26H24ClN5O5S/c1-26(2,3)25(37)32-22(29-13-17-4-5-21(27)38-17)12-18(30-32)19-10-16(24(35)36)11-23(34)31(19)14-20(33)15-6-8-28-9-7-15/h4-12,29H,13-14H2,1-3H3,(H,35,36). The molecule has 4 heterocycles. The third kappa shape index (κ3) is 5.90. The molecule has 2 N–H and O–H groups in total. The van der Waals surface area contributed by atoms with E-state index in [1.54, 1.807) is 32.9 Å². The van der Waals surface area contributed by atoms with Gasteiger partial charge in [0.2, 0.25) is 0 Å². The number of aromatic nitrogens is 4. The van der Waals surface area contributed by atoms with Gasteiger partial charge in [-0.2, -0.15) is 9.78 Å². The fourth-order valence-corrected chi connectivity index (χ4v) is 4.62. The number of hydrogen-bond donors (Lipinski definition) is 2. The topological polar surface area (TPSA) is 136 Å². The molecule has 0 saturated heterocycles. The van der Waals surface area contributed by atoms with Gasteiger partial charge in [-0.3, -0.25) is 23.9 Å². The van der Waals surface area contributed by atoms with Gasteiger partial charge in [-0.1, -0.05) is 32.4 Å². The van der Waals surface area contributed by atoms with Crippen LogP contribution in [0.3, 0.4) is 0 Å². The van der Waals surface area contributed by atoms with Crippen molar-refractivity contribution < 1.29 is 19.5 Å². The molecule has 4 aromatic rings. The molecule has 0 spiro atoms. The summed E-state index contributed by atoms with van der Waals surface area (Å²) in [6.45, 7) is 5.21. The summed E-state index contributed by atoms with van der Waals surface area (Å²) in [6, 6.07) is 10.4. The highest BCUT2D eigenvalue weighted by atomic mass is 35.5. The van der Waals surface area contributed by atoms with Crippen molar-refractivity contribution in [2.75, 3.05) is 5.32 Å². The molecule has 0 radical (unpaired) electrons. The van der Waals surface area contributed by atoms with E-state index in [1.165, 1.54) is 46.6 Å². The van der Waals surface area contributed by atoms with Crippen LogP contribution >= 0.6 is 22.9 Å². The van der Waals surface area contributed by atoms with Gasteiger partial charge in [0, 0.05) is 40.4 Å². The fraction of sp³-hybridized carbons (Fsp3) is 0.231. The van der Waals surface area contributed by atoms with Gasteiger partial charge < -0.3 is 10.4 Å². The first kappa shape index (κ1) is 27.0. The highest BCUT2D eigenvalue weighted by Gasteiger charge is 2.28. The molecule has 0 aliphatic carbocycles. The van der Waals surface area contributed by atoms with Gasteiger partial charge in [0.15, 0.2) is 5.78 Å². The number of nitrogens with zero attached hydrogens (tertiary/aromatic N) is 4. The molecule has 0 amide bonds. The number of ketones is 1. The number of halogens is 1. The molecule has 0 aromatic carbocycles. The number of aromatic carboxylic acids is 1. The van der Waals surface area contributed by atoms with Crippen LogP contribution in [0.15, 0.2) is 59.7 Å². The van der Waals surface area contributed by atoms with Crippen LogP contribution in [-0.4, -0.2) is 42.1 Å². The molecule has 0 unspecified atom stereocenters. The predicted molar refractivity (Wildman–Crippen MR) is 144 cm³/mol. The second-order valence-electron chi connectivity index (χ2n) is 9.46. The summed E-state index contributed by atoms with van der Waals surface area (Å²) >= 11 is 7.41. The Kier molecular flexibility index (Phi) is 7.61. The van der Waals surface area contributed by atoms with Gasteiger partial charge in [-0.25, -0.2) is 4.79 Å². The van der Waals surface area contributed by atoms with Crippen LogP contribution in [0.4, 0.5) is 5.82 Å². The molecule has 0 fully saturated rings. The maximum absolute atomic E-state index is 13.3. The van der Waals surface area contributed by atoms with Crippen molar-refractivity contribution in [1.82, 2.24) is 19.3 Å².